The monoisotopic (exact) mass is 432 g/mol. The van der Waals surface area contributed by atoms with Crippen LogP contribution in [0.1, 0.15) is 12.0 Å². The van der Waals surface area contributed by atoms with E-state index in [9.17, 15) is 13.6 Å². The van der Waals surface area contributed by atoms with Crippen LogP contribution in [-0.4, -0.2) is 27.5 Å². The van der Waals surface area contributed by atoms with E-state index in [1.165, 1.54) is 35.1 Å². The SMILES string of the molecule is O=C(Nc1cnn(COc2ccc(F)cc2Cl)c1)C1CC(c2ccc(F)cc2)=NO1. The molecule has 1 amide bonds. The van der Waals surface area contributed by atoms with E-state index in [0.29, 0.717) is 22.7 Å². The van der Waals surface area contributed by atoms with E-state index in [0.717, 1.165) is 6.07 Å². The number of aromatic nitrogens is 2. The molecule has 1 aliphatic rings. The van der Waals surface area contributed by atoms with Crippen molar-refractivity contribution in [3.8, 4) is 5.75 Å². The number of rotatable bonds is 6. The standard InChI is InChI=1S/C20H15ClF2N4O3/c21-16-7-14(23)5-6-18(16)29-11-27-10-15(9-24-27)25-20(28)19-8-17(26-30-19)12-1-3-13(22)4-2-12/h1-7,9-10,19H,8,11H2,(H,25,28). The van der Waals surface area contributed by atoms with Gasteiger partial charge in [-0.2, -0.15) is 5.10 Å². The summed E-state index contributed by atoms with van der Waals surface area (Å²) >= 11 is 5.91. The first-order valence-electron chi connectivity index (χ1n) is 8.88. The van der Waals surface area contributed by atoms with Gasteiger partial charge in [-0.25, -0.2) is 13.5 Å². The maximum Gasteiger partial charge on any atom is 0.268 e. The number of anilines is 1. The van der Waals surface area contributed by atoms with E-state index < -0.39 is 17.8 Å². The lowest BCUT2D eigenvalue weighted by molar-refractivity contribution is -0.125. The lowest BCUT2D eigenvalue weighted by atomic mass is 10.0. The van der Waals surface area contributed by atoms with Gasteiger partial charge < -0.3 is 14.9 Å². The van der Waals surface area contributed by atoms with Gasteiger partial charge in [-0.15, -0.1) is 0 Å². The Morgan fingerprint density at radius 3 is 2.77 bits per heavy atom. The number of nitrogens with zero attached hydrogens (tertiary/aromatic N) is 3. The summed E-state index contributed by atoms with van der Waals surface area (Å²) in [5.74, 6) is -0.894. The number of nitrogens with one attached hydrogen (secondary N) is 1. The molecule has 1 unspecified atom stereocenters. The van der Waals surface area contributed by atoms with Gasteiger partial charge in [0.2, 0.25) is 6.10 Å². The van der Waals surface area contributed by atoms with Crippen LogP contribution in [0.25, 0.3) is 0 Å². The van der Waals surface area contributed by atoms with Crippen molar-refractivity contribution >= 4 is 28.9 Å². The first-order valence-corrected chi connectivity index (χ1v) is 9.25. The number of benzene rings is 2. The number of ether oxygens (including phenoxy) is 1. The zero-order chi connectivity index (χ0) is 21.1. The summed E-state index contributed by atoms with van der Waals surface area (Å²) in [4.78, 5) is 17.6. The lowest BCUT2D eigenvalue weighted by Gasteiger charge is -2.08. The zero-order valence-electron chi connectivity index (χ0n) is 15.4. The van der Waals surface area contributed by atoms with Gasteiger partial charge in [-0.1, -0.05) is 28.9 Å². The van der Waals surface area contributed by atoms with Gasteiger partial charge in [-0.05, 0) is 35.9 Å². The Hall–Kier alpha value is -3.46. The van der Waals surface area contributed by atoms with Crippen LogP contribution in [0.15, 0.2) is 60.0 Å². The minimum atomic E-state index is -0.803. The quantitative estimate of drug-likeness (QED) is 0.639. The molecule has 0 fully saturated rings. The normalized spacial score (nSPS) is 15.4. The van der Waals surface area contributed by atoms with Gasteiger partial charge in [0.25, 0.3) is 5.91 Å². The Labute approximate surface area is 174 Å². The molecule has 7 nitrogen and oxygen atoms in total. The molecule has 2 aromatic carbocycles. The van der Waals surface area contributed by atoms with Crippen LogP contribution in [0, 0.1) is 11.6 Å². The van der Waals surface area contributed by atoms with Gasteiger partial charge in [-0.3, -0.25) is 4.79 Å². The Morgan fingerprint density at radius 2 is 2.00 bits per heavy atom. The molecule has 1 aliphatic heterocycles. The molecular formula is C20H15ClF2N4O3. The highest BCUT2D eigenvalue weighted by molar-refractivity contribution is 6.32. The topological polar surface area (TPSA) is 77.7 Å². The van der Waals surface area contributed by atoms with Crippen molar-refractivity contribution < 1.29 is 23.1 Å². The number of hydrogen-bond donors (Lipinski definition) is 1. The number of carbonyl (C=O) groups excluding carboxylic acids is 1. The van der Waals surface area contributed by atoms with E-state index in [1.54, 1.807) is 18.3 Å². The fraction of sp³-hybridized carbons (Fsp3) is 0.150. The average Bonchev–Trinajstić information content (AvgIpc) is 3.38. The van der Waals surface area contributed by atoms with Crippen LogP contribution < -0.4 is 10.1 Å². The van der Waals surface area contributed by atoms with Crippen molar-refractivity contribution in [2.45, 2.75) is 19.3 Å². The number of carbonyl (C=O) groups is 1. The highest BCUT2D eigenvalue weighted by atomic mass is 35.5. The molecule has 0 saturated heterocycles. The van der Waals surface area contributed by atoms with Crippen LogP contribution in [0.4, 0.5) is 14.5 Å². The Morgan fingerprint density at radius 1 is 1.23 bits per heavy atom. The Balaban J connectivity index is 1.30. The molecule has 1 atom stereocenters. The molecule has 0 spiro atoms. The summed E-state index contributed by atoms with van der Waals surface area (Å²) in [7, 11) is 0. The molecule has 4 rings (SSSR count). The van der Waals surface area contributed by atoms with E-state index in [-0.39, 0.29) is 24.0 Å². The Kier molecular flexibility index (Phi) is 5.62. The van der Waals surface area contributed by atoms with Crippen LogP contribution in [0.5, 0.6) is 5.75 Å². The van der Waals surface area contributed by atoms with Crippen molar-refractivity contribution in [2.24, 2.45) is 5.16 Å². The van der Waals surface area contributed by atoms with Crippen molar-refractivity contribution in [3.63, 3.8) is 0 Å². The van der Waals surface area contributed by atoms with Gasteiger partial charge in [0.1, 0.15) is 17.4 Å². The van der Waals surface area contributed by atoms with Crippen molar-refractivity contribution in [1.82, 2.24) is 9.78 Å². The molecule has 2 heterocycles. The second-order valence-corrected chi connectivity index (χ2v) is 6.86. The first kappa shape index (κ1) is 19.8. The molecule has 0 bridgehead atoms. The van der Waals surface area contributed by atoms with E-state index in [2.05, 4.69) is 15.6 Å². The predicted octanol–water partition coefficient (Wildman–Crippen LogP) is 3.98. The van der Waals surface area contributed by atoms with Crippen LogP contribution in [0.2, 0.25) is 5.02 Å². The third kappa shape index (κ3) is 4.57. The highest BCUT2D eigenvalue weighted by Crippen LogP contribution is 2.25. The number of amides is 1. The van der Waals surface area contributed by atoms with E-state index in [4.69, 9.17) is 21.2 Å². The third-order valence-corrected chi connectivity index (χ3v) is 4.58. The molecule has 0 saturated carbocycles. The first-order chi connectivity index (χ1) is 14.5. The molecule has 0 aliphatic carbocycles. The number of oxime groups is 1. The molecule has 3 aromatic rings. The molecule has 1 N–H and O–H groups in total. The van der Waals surface area contributed by atoms with Gasteiger partial charge in [0.15, 0.2) is 6.73 Å². The van der Waals surface area contributed by atoms with Gasteiger partial charge >= 0.3 is 0 Å². The molecule has 1 aromatic heterocycles. The molecule has 0 radical (unpaired) electrons. The largest absolute Gasteiger partial charge is 0.470 e. The average molecular weight is 433 g/mol. The second kappa shape index (κ2) is 8.50. The van der Waals surface area contributed by atoms with Crippen LogP contribution in [0.3, 0.4) is 0 Å². The fourth-order valence-corrected chi connectivity index (χ4v) is 3.00. The maximum absolute atomic E-state index is 13.1. The summed E-state index contributed by atoms with van der Waals surface area (Å²) in [6, 6.07) is 9.60. The Bertz CT molecular complexity index is 1100. The summed E-state index contributed by atoms with van der Waals surface area (Å²) in [6.45, 7) is 0.0129. The van der Waals surface area contributed by atoms with E-state index >= 15 is 0 Å². The smallest absolute Gasteiger partial charge is 0.268 e. The molecular weight excluding hydrogens is 418 g/mol. The zero-order valence-corrected chi connectivity index (χ0v) is 16.1. The number of halogens is 3. The summed E-state index contributed by atoms with van der Waals surface area (Å²) in [6.07, 6.45) is 2.47. The fourth-order valence-electron chi connectivity index (χ4n) is 2.78. The molecule has 154 valence electrons. The van der Waals surface area contributed by atoms with Crippen LogP contribution >= 0.6 is 11.6 Å². The summed E-state index contributed by atoms with van der Waals surface area (Å²) in [5, 5.41) is 10.8. The lowest BCUT2D eigenvalue weighted by Crippen LogP contribution is -2.27. The third-order valence-electron chi connectivity index (χ3n) is 4.29. The van der Waals surface area contributed by atoms with E-state index in [1.807, 2.05) is 0 Å². The maximum atomic E-state index is 13.1. The molecule has 30 heavy (non-hydrogen) atoms. The molecule has 10 heteroatoms. The minimum Gasteiger partial charge on any atom is -0.470 e. The van der Waals surface area contributed by atoms with Gasteiger partial charge in [0, 0.05) is 6.42 Å². The van der Waals surface area contributed by atoms with Gasteiger partial charge in [0.05, 0.1) is 28.8 Å². The second-order valence-electron chi connectivity index (χ2n) is 6.45. The highest BCUT2D eigenvalue weighted by Gasteiger charge is 2.29. The van der Waals surface area contributed by atoms with Crippen LogP contribution in [-0.2, 0) is 16.4 Å². The summed E-state index contributed by atoms with van der Waals surface area (Å²) < 4.78 is 33.0. The number of hydrogen-bond acceptors (Lipinski definition) is 5. The summed E-state index contributed by atoms with van der Waals surface area (Å²) in [5.41, 5.74) is 1.69. The van der Waals surface area contributed by atoms with Crippen molar-refractivity contribution in [1.29, 1.82) is 0 Å². The predicted molar refractivity (Wildman–Crippen MR) is 105 cm³/mol. The minimum absolute atomic E-state index is 0.0129. The van der Waals surface area contributed by atoms with Crippen molar-refractivity contribution in [2.75, 3.05) is 5.32 Å². The van der Waals surface area contributed by atoms with Crippen molar-refractivity contribution in [3.05, 3.63) is 77.1 Å².